The van der Waals surface area contributed by atoms with Crippen LogP contribution in [0.3, 0.4) is 0 Å². The van der Waals surface area contributed by atoms with Gasteiger partial charge in [0.1, 0.15) is 5.75 Å². The maximum atomic E-state index is 12.4. The number of nitrogens with one attached hydrogen (secondary N) is 2. The van der Waals surface area contributed by atoms with E-state index in [2.05, 4.69) is 20.6 Å². The number of aromatic nitrogens is 2. The van der Waals surface area contributed by atoms with E-state index in [4.69, 9.17) is 4.74 Å². The molecule has 0 saturated carbocycles. The summed E-state index contributed by atoms with van der Waals surface area (Å²) in [5.41, 5.74) is 2.22. The van der Waals surface area contributed by atoms with Crippen LogP contribution in [-0.4, -0.2) is 22.5 Å². The minimum Gasteiger partial charge on any atom is -0.492 e. The number of nitrogens with zero attached hydrogens (tertiary/aromatic N) is 2. The van der Waals surface area contributed by atoms with E-state index in [-0.39, 0.29) is 11.9 Å². The van der Waals surface area contributed by atoms with Crippen LogP contribution in [0.25, 0.3) is 0 Å². The van der Waals surface area contributed by atoms with Crippen molar-refractivity contribution in [2.45, 2.75) is 19.9 Å². The van der Waals surface area contributed by atoms with Gasteiger partial charge in [0.15, 0.2) is 0 Å². The molecule has 1 amide bonds. The van der Waals surface area contributed by atoms with Gasteiger partial charge < -0.3 is 15.4 Å². The molecule has 2 aromatic carbocycles. The molecule has 6 heteroatoms. The monoisotopic (exact) mass is 362 g/mol. The van der Waals surface area contributed by atoms with Crippen LogP contribution in [0, 0.1) is 0 Å². The fourth-order valence-electron chi connectivity index (χ4n) is 2.59. The Morgan fingerprint density at radius 3 is 2.41 bits per heavy atom. The minimum absolute atomic E-state index is 0.102. The van der Waals surface area contributed by atoms with Gasteiger partial charge in [-0.3, -0.25) is 4.79 Å². The summed E-state index contributed by atoms with van der Waals surface area (Å²) in [6.45, 7) is 4.43. The van der Waals surface area contributed by atoms with E-state index in [0.29, 0.717) is 18.1 Å². The van der Waals surface area contributed by atoms with Crippen molar-refractivity contribution in [2.75, 3.05) is 11.9 Å². The Labute approximate surface area is 158 Å². The Kier molecular flexibility index (Phi) is 5.99. The lowest BCUT2D eigenvalue weighted by Gasteiger charge is -2.14. The van der Waals surface area contributed by atoms with Gasteiger partial charge in [0.2, 0.25) is 5.95 Å². The molecule has 0 fully saturated rings. The number of hydrogen-bond donors (Lipinski definition) is 2. The fourth-order valence-corrected chi connectivity index (χ4v) is 2.59. The summed E-state index contributed by atoms with van der Waals surface area (Å²) in [6, 6.07) is 17.2. The highest BCUT2D eigenvalue weighted by Crippen LogP contribution is 2.25. The average molecular weight is 362 g/mol. The van der Waals surface area contributed by atoms with E-state index in [1.807, 2.05) is 68.4 Å². The van der Waals surface area contributed by atoms with Gasteiger partial charge in [0.05, 0.1) is 23.9 Å². The van der Waals surface area contributed by atoms with Gasteiger partial charge in [-0.2, -0.15) is 0 Å². The van der Waals surface area contributed by atoms with Gasteiger partial charge in [-0.15, -0.1) is 0 Å². The third kappa shape index (κ3) is 4.82. The van der Waals surface area contributed by atoms with Crippen molar-refractivity contribution in [1.29, 1.82) is 0 Å². The molecule has 0 saturated heterocycles. The highest BCUT2D eigenvalue weighted by atomic mass is 16.5. The number of amides is 1. The van der Waals surface area contributed by atoms with Crippen LogP contribution in [-0.2, 0) is 0 Å². The Morgan fingerprint density at radius 1 is 1.04 bits per heavy atom. The fraction of sp³-hybridized carbons (Fsp3) is 0.190. The lowest BCUT2D eigenvalue weighted by atomic mass is 10.1. The number of rotatable bonds is 7. The minimum atomic E-state index is -0.215. The molecule has 1 heterocycles. The summed E-state index contributed by atoms with van der Waals surface area (Å²) in [6.07, 6.45) is 3.01. The first-order valence-electron chi connectivity index (χ1n) is 8.84. The lowest BCUT2D eigenvalue weighted by molar-refractivity contribution is 0.0939. The second-order valence-corrected chi connectivity index (χ2v) is 5.96. The second kappa shape index (κ2) is 8.80. The Bertz CT molecular complexity index is 882. The van der Waals surface area contributed by atoms with Crippen LogP contribution < -0.4 is 15.4 Å². The highest BCUT2D eigenvalue weighted by molar-refractivity contribution is 5.93. The first kappa shape index (κ1) is 18.4. The zero-order chi connectivity index (χ0) is 19.1. The summed E-state index contributed by atoms with van der Waals surface area (Å²) < 4.78 is 5.57. The molecular weight excluding hydrogens is 340 g/mol. The number of benzene rings is 2. The summed E-state index contributed by atoms with van der Waals surface area (Å²) in [7, 11) is 0. The van der Waals surface area contributed by atoms with Crippen molar-refractivity contribution < 1.29 is 9.53 Å². The zero-order valence-corrected chi connectivity index (χ0v) is 15.3. The number of para-hydroxylation sites is 2. The van der Waals surface area contributed by atoms with Crippen molar-refractivity contribution in [3.05, 3.63) is 78.1 Å². The van der Waals surface area contributed by atoms with Crippen molar-refractivity contribution in [3.8, 4) is 5.75 Å². The van der Waals surface area contributed by atoms with Gasteiger partial charge in [0.25, 0.3) is 5.91 Å². The van der Waals surface area contributed by atoms with Crippen LogP contribution in [0.1, 0.15) is 35.8 Å². The summed E-state index contributed by atoms with van der Waals surface area (Å²) in [5.74, 6) is 0.907. The lowest BCUT2D eigenvalue weighted by Crippen LogP contribution is -2.26. The van der Waals surface area contributed by atoms with Crippen molar-refractivity contribution in [2.24, 2.45) is 0 Å². The Morgan fingerprint density at radius 2 is 1.70 bits per heavy atom. The maximum absolute atomic E-state index is 12.4. The molecule has 1 atom stereocenters. The van der Waals surface area contributed by atoms with E-state index in [9.17, 15) is 4.79 Å². The molecule has 0 aliphatic rings. The Balaban J connectivity index is 1.66. The molecular formula is C21H22N4O2. The van der Waals surface area contributed by atoms with E-state index in [1.165, 1.54) is 12.4 Å². The average Bonchev–Trinajstić information content (AvgIpc) is 2.71. The van der Waals surface area contributed by atoms with Gasteiger partial charge in [0, 0.05) is 12.4 Å². The number of carbonyl (C=O) groups is 1. The van der Waals surface area contributed by atoms with Gasteiger partial charge in [-0.1, -0.05) is 42.5 Å². The molecule has 138 valence electrons. The Hall–Kier alpha value is -3.41. The summed E-state index contributed by atoms with van der Waals surface area (Å²) in [5, 5.41) is 6.06. The van der Waals surface area contributed by atoms with Crippen LogP contribution in [0.15, 0.2) is 67.0 Å². The molecule has 3 rings (SSSR count). The summed E-state index contributed by atoms with van der Waals surface area (Å²) in [4.78, 5) is 20.9. The molecule has 3 aromatic rings. The molecule has 0 aliphatic carbocycles. The zero-order valence-electron chi connectivity index (χ0n) is 15.3. The van der Waals surface area contributed by atoms with E-state index < -0.39 is 0 Å². The van der Waals surface area contributed by atoms with Crippen LogP contribution in [0.4, 0.5) is 11.6 Å². The molecule has 2 N–H and O–H groups in total. The standard InChI is InChI=1S/C21H22N4O2/c1-3-27-19-12-8-7-11-18(19)25-21-22-13-17(14-23-21)20(26)24-15(2)16-9-5-4-6-10-16/h4-15H,3H2,1-2H3,(H,24,26)(H,22,23,25). The molecule has 0 radical (unpaired) electrons. The van der Waals surface area contributed by atoms with Gasteiger partial charge in [-0.05, 0) is 31.5 Å². The van der Waals surface area contributed by atoms with Crippen LogP contribution in [0.5, 0.6) is 5.75 Å². The predicted molar refractivity (Wildman–Crippen MR) is 105 cm³/mol. The van der Waals surface area contributed by atoms with E-state index >= 15 is 0 Å². The topological polar surface area (TPSA) is 76.1 Å². The normalized spacial score (nSPS) is 11.5. The third-order valence-electron chi connectivity index (χ3n) is 3.99. The van der Waals surface area contributed by atoms with E-state index in [1.54, 1.807) is 0 Å². The maximum Gasteiger partial charge on any atom is 0.254 e. The van der Waals surface area contributed by atoms with Crippen molar-refractivity contribution >= 4 is 17.5 Å². The van der Waals surface area contributed by atoms with Gasteiger partial charge in [-0.25, -0.2) is 9.97 Å². The highest BCUT2D eigenvalue weighted by Gasteiger charge is 2.12. The predicted octanol–water partition coefficient (Wildman–Crippen LogP) is 4.11. The molecule has 0 spiro atoms. The quantitative estimate of drug-likeness (QED) is 0.661. The third-order valence-corrected chi connectivity index (χ3v) is 3.99. The largest absolute Gasteiger partial charge is 0.492 e. The molecule has 0 bridgehead atoms. The first-order valence-corrected chi connectivity index (χ1v) is 8.84. The van der Waals surface area contributed by atoms with Crippen molar-refractivity contribution in [1.82, 2.24) is 15.3 Å². The van der Waals surface area contributed by atoms with Crippen molar-refractivity contribution in [3.63, 3.8) is 0 Å². The first-order chi connectivity index (χ1) is 13.2. The number of anilines is 2. The molecule has 1 unspecified atom stereocenters. The van der Waals surface area contributed by atoms with E-state index in [0.717, 1.165) is 17.0 Å². The number of carbonyl (C=O) groups excluding carboxylic acids is 1. The molecule has 0 aliphatic heterocycles. The number of ether oxygens (including phenoxy) is 1. The summed E-state index contributed by atoms with van der Waals surface area (Å²) >= 11 is 0. The number of hydrogen-bond acceptors (Lipinski definition) is 5. The van der Waals surface area contributed by atoms with Crippen LogP contribution in [0.2, 0.25) is 0 Å². The van der Waals surface area contributed by atoms with Gasteiger partial charge >= 0.3 is 0 Å². The molecule has 6 nitrogen and oxygen atoms in total. The second-order valence-electron chi connectivity index (χ2n) is 5.96. The van der Waals surface area contributed by atoms with Crippen LogP contribution >= 0.6 is 0 Å². The molecule has 1 aromatic heterocycles. The molecule has 27 heavy (non-hydrogen) atoms. The smallest absolute Gasteiger partial charge is 0.254 e. The SMILES string of the molecule is CCOc1ccccc1Nc1ncc(C(=O)NC(C)c2ccccc2)cn1.